The highest BCUT2D eigenvalue weighted by Gasteiger charge is 2.40. The topological polar surface area (TPSA) is 68.3 Å². The first-order chi connectivity index (χ1) is 12.2. The van der Waals surface area contributed by atoms with E-state index >= 15 is 0 Å². The van der Waals surface area contributed by atoms with Gasteiger partial charge in [-0.1, -0.05) is 44.2 Å². The van der Waals surface area contributed by atoms with Crippen molar-refractivity contribution in [1.29, 1.82) is 0 Å². The second kappa shape index (κ2) is 8.13. The maximum atomic E-state index is 12.6. The van der Waals surface area contributed by atoms with Gasteiger partial charge in [0.1, 0.15) is 6.61 Å². The third kappa shape index (κ3) is 5.41. The zero-order chi connectivity index (χ0) is 19.2. The first-order valence-corrected chi connectivity index (χ1v) is 8.63. The molecule has 0 bridgehead atoms. The first-order valence-electron chi connectivity index (χ1n) is 8.63. The minimum absolute atomic E-state index is 0.158. The molecule has 0 unspecified atom stereocenters. The highest BCUT2D eigenvalue weighted by molar-refractivity contribution is 5.95. The van der Waals surface area contributed by atoms with Crippen molar-refractivity contribution in [1.82, 2.24) is 4.98 Å². The number of carbonyl (C=O) groups is 2. The molecule has 0 spiro atoms. The number of carbonyl (C=O) groups excluding carboxylic acids is 2. The Bertz CT molecular complexity index is 740. The van der Waals surface area contributed by atoms with E-state index in [1.165, 1.54) is 0 Å². The summed E-state index contributed by atoms with van der Waals surface area (Å²) in [6.45, 7) is 7.49. The predicted molar refractivity (Wildman–Crippen MR) is 101 cm³/mol. The van der Waals surface area contributed by atoms with E-state index in [-0.39, 0.29) is 18.5 Å². The van der Waals surface area contributed by atoms with E-state index in [1.807, 2.05) is 44.2 Å². The van der Waals surface area contributed by atoms with E-state index in [4.69, 9.17) is 4.74 Å². The van der Waals surface area contributed by atoms with Gasteiger partial charge in [-0.3, -0.25) is 14.6 Å². The predicted octanol–water partition coefficient (Wildman–Crippen LogP) is 4.21. The number of hydrogen-bond acceptors (Lipinski definition) is 4. The summed E-state index contributed by atoms with van der Waals surface area (Å²) in [5.74, 6) is -0.474. The van der Waals surface area contributed by atoms with Crippen LogP contribution in [0.2, 0.25) is 0 Å². The van der Waals surface area contributed by atoms with Crippen LogP contribution in [0.3, 0.4) is 0 Å². The Labute approximate surface area is 154 Å². The van der Waals surface area contributed by atoms with E-state index in [1.54, 1.807) is 38.4 Å². The van der Waals surface area contributed by atoms with Gasteiger partial charge in [-0.25, -0.2) is 0 Å². The van der Waals surface area contributed by atoms with Gasteiger partial charge in [0.25, 0.3) is 0 Å². The molecule has 5 heteroatoms. The first kappa shape index (κ1) is 19.6. The summed E-state index contributed by atoms with van der Waals surface area (Å²) in [7, 11) is 0. The zero-order valence-corrected chi connectivity index (χ0v) is 15.8. The summed E-state index contributed by atoms with van der Waals surface area (Å²) in [4.78, 5) is 29.1. The Morgan fingerprint density at radius 3 is 2.31 bits per heavy atom. The standard InChI is InChI=1S/C21H26N2O3/c1-20(2,18(24)23-17-11-8-12-22-13-17)15-21(3,4)19(25)26-14-16-9-6-5-7-10-16/h5-13H,14-15H2,1-4H3,(H,23,24). The number of nitrogens with one attached hydrogen (secondary N) is 1. The highest BCUT2D eigenvalue weighted by atomic mass is 16.5. The van der Waals surface area contributed by atoms with E-state index in [2.05, 4.69) is 10.3 Å². The Morgan fingerprint density at radius 1 is 1.00 bits per heavy atom. The van der Waals surface area contributed by atoms with Crippen LogP contribution in [0.25, 0.3) is 0 Å². The molecule has 0 fully saturated rings. The maximum Gasteiger partial charge on any atom is 0.311 e. The zero-order valence-electron chi connectivity index (χ0n) is 15.8. The number of esters is 1. The lowest BCUT2D eigenvalue weighted by Crippen LogP contribution is -2.38. The maximum absolute atomic E-state index is 12.6. The molecule has 0 radical (unpaired) electrons. The van der Waals surface area contributed by atoms with Crippen LogP contribution >= 0.6 is 0 Å². The number of benzene rings is 1. The van der Waals surface area contributed by atoms with Gasteiger partial charge < -0.3 is 10.1 Å². The lowest BCUT2D eigenvalue weighted by Gasteiger charge is -2.32. The third-order valence-electron chi connectivity index (χ3n) is 4.18. The quantitative estimate of drug-likeness (QED) is 0.757. The largest absolute Gasteiger partial charge is 0.460 e. The summed E-state index contributed by atoms with van der Waals surface area (Å²) in [5.41, 5.74) is 0.0376. The summed E-state index contributed by atoms with van der Waals surface area (Å²) in [6.07, 6.45) is 3.60. The molecule has 1 heterocycles. The number of amides is 1. The molecule has 0 aliphatic carbocycles. The van der Waals surface area contributed by atoms with Crippen molar-refractivity contribution < 1.29 is 14.3 Å². The molecule has 0 saturated heterocycles. The summed E-state index contributed by atoms with van der Waals surface area (Å²) < 4.78 is 5.46. The van der Waals surface area contributed by atoms with Crippen LogP contribution in [0.15, 0.2) is 54.9 Å². The molecule has 0 aliphatic heterocycles. The smallest absolute Gasteiger partial charge is 0.311 e. The molecule has 1 aromatic carbocycles. The Morgan fingerprint density at radius 2 is 1.69 bits per heavy atom. The Hall–Kier alpha value is -2.69. The minimum atomic E-state index is -0.787. The van der Waals surface area contributed by atoms with Crippen LogP contribution < -0.4 is 5.32 Å². The summed E-state index contributed by atoms with van der Waals surface area (Å²) in [6, 6.07) is 13.1. The molecule has 0 aliphatic rings. The minimum Gasteiger partial charge on any atom is -0.460 e. The fourth-order valence-electron chi connectivity index (χ4n) is 2.91. The lowest BCUT2D eigenvalue weighted by atomic mass is 9.74. The van der Waals surface area contributed by atoms with Gasteiger partial charge >= 0.3 is 5.97 Å². The molecule has 1 N–H and O–H groups in total. The van der Waals surface area contributed by atoms with Crippen LogP contribution in [-0.4, -0.2) is 16.9 Å². The van der Waals surface area contributed by atoms with Crippen LogP contribution in [0.5, 0.6) is 0 Å². The van der Waals surface area contributed by atoms with Crippen molar-refractivity contribution >= 4 is 17.6 Å². The molecule has 138 valence electrons. The Balaban J connectivity index is 1.96. The van der Waals surface area contributed by atoms with Gasteiger partial charge in [0.05, 0.1) is 17.3 Å². The van der Waals surface area contributed by atoms with Crippen LogP contribution in [0.4, 0.5) is 5.69 Å². The monoisotopic (exact) mass is 354 g/mol. The fourth-order valence-corrected chi connectivity index (χ4v) is 2.91. The number of nitrogens with zero attached hydrogens (tertiary/aromatic N) is 1. The van der Waals surface area contributed by atoms with Crippen molar-refractivity contribution in [3.05, 3.63) is 60.4 Å². The number of ether oxygens (including phenoxy) is 1. The van der Waals surface area contributed by atoms with Gasteiger partial charge in [-0.05, 0) is 38.0 Å². The van der Waals surface area contributed by atoms with Crippen molar-refractivity contribution in [3.63, 3.8) is 0 Å². The molecule has 0 saturated carbocycles. The number of hydrogen-bond donors (Lipinski definition) is 1. The second-order valence-corrected chi connectivity index (χ2v) is 7.70. The van der Waals surface area contributed by atoms with Gasteiger partial charge in [-0.2, -0.15) is 0 Å². The van der Waals surface area contributed by atoms with E-state index in [0.717, 1.165) is 5.56 Å². The van der Waals surface area contributed by atoms with Crippen molar-refractivity contribution in [3.8, 4) is 0 Å². The Kier molecular flexibility index (Phi) is 6.14. The van der Waals surface area contributed by atoms with Crippen molar-refractivity contribution in [2.75, 3.05) is 5.32 Å². The fraction of sp³-hybridized carbons (Fsp3) is 0.381. The third-order valence-corrected chi connectivity index (χ3v) is 4.18. The van der Waals surface area contributed by atoms with Gasteiger partial charge in [0.2, 0.25) is 5.91 Å². The molecular weight excluding hydrogens is 328 g/mol. The van der Waals surface area contributed by atoms with Gasteiger partial charge in [-0.15, -0.1) is 0 Å². The van der Waals surface area contributed by atoms with Crippen molar-refractivity contribution in [2.24, 2.45) is 10.8 Å². The van der Waals surface area contributed by atoms with Gasteiger partial charge in [0.15, 0.2) is 0 Å². The molecular formula is C21H26N2O3. The average molecular weight is 354 g/mol. The van der Waals surface area contributed by atoms with Gasteiger partial charge in [0, 0.05) is 11.6 Å². The number of rotatable bonds is 7. The molecule has 5 nitrogen and oxygen atoms in total. The molecule has 1 aromatic heterocycles. The van der Waals surface area contributed by atoms with E-state index < -0.39 is 10.8 Å². The average Bonchev–Trinajstić information content (AvgIpc) is 2.60. The summed E-state index contributed by atoms with van der Waals surface area (Å²) in [5, 5.41) is 2.85. The van der Waals surface area contributed by atoms with Crippen LogP contribution in [-0.2, 0) is 20.9 Å². The number of aromatic nitrogens is 1. The number of pyridine rings is 1. The molecule has 2 aromatic rings. The highest BCUT2D eigenvalue weighted by Crippen LogP contribution is 2.35. The second-order valence-electron chi connectivity index (χ2n) is 7.70. The van der Waals surface area contributed by atoms with Crippen LogP contribution in [0, 0.1) is 10.8 Å². The van der Waals surface area contributed by atoms with E-state index in [9.17, 15) is 9.59 Å². The lowest BCUT2D eigenvalue weighted by molar-refractivity contribution is -0.157. The van der Waals surface area contributed by atoms with E-state index in [0.29, 0.717) is 12.1 Å². The molecule has 2 rings (SSSR count). The summed E-state index contributed by atoms with van der Waals surface area (Å²) >= 11 is 0. The SMILES string of the molecule is CC(C)(CC(C)(C)C(=O)OCc1ccccc1)C(=O)Nc1cccnc1. The number of anilines is 1. The molecule has 26 heavy (non-hydrogen) atoms. The normalized spacial score (nSPS) is 11.7. The molecule has 1 amide bonds. The molecule has 0 atom stereocenters. The van der Waals surface area contributed by atoms with Crippen LogP contribution in [0.1, 0.15) is 39.7 Å². The van der Waals surface area contributed by atoms with Crippen molar-refractivity contribution in [2.45, 2.75) is 40.7 Å².